The van der Waals surface area contributed by atoms with E-state index in [1.807, 2.05) is 6.07 Å². The molecule has 18 heavy (non-hydrogen) atoms. The van der Waals surface area contributed by atoms with Gasteiger partial charge in [0.15, 0.2) is 0 Å². The van der Waals surface area contributed by atoms with E-state index in [0.717, 1.165) is 0 Å². The van der Waals surface area contributed by atoms with Gasteiger partial charge in [0, 0.05) is 18.7 Å². The largest absolute Gasteiger partial charge is 0.481 e. The summed E-state index contributed by atoms with van der Waals surface area (Å²) >= 11 is 0. The van der Waals surface area contributed by atoms with Gasteiger partial charge < -0.3 is 10.0 Å². The molecule has 2 rings (SSSR count). The number of carbonyl (C=O) groups excluding carboxylic acids is 1. The van der Waals surface area contributed by atoms with E-state index in [-0.39, 0.29) is 12.5 Å². The van der Waals surface area contributed by atoms with Gasteiger partial charge in [0.2, 0.25) is 0 Å². The minimum absolute atomic E-state index is 0.178. The van der Waals surface area contributed by atoms with E-state index in [9.17, 15) is 9.59 Å². The molecule has 1 aliphatic heterocycles. The summed E-state index contributed by atoms with van der Waals surface area (Å²) in [4.78, 5) is 24.4. The first-order chi connectivity index (χ1) is 8.61. The first-order valence-electron chi connectivity index (χ1n) is 5.64. The Hall–Kier alpha value is -2.35. The molecular formula is C13H12N2O3. The number of carbonyl (C=O) groups is 2. The lowest BCUT2D eigenvalue weighted by Gasteiger charge is -2.15. The third-order valence-corrected chi connectivity index (χ3v) is 3.09. The van der Waals surface area contributed by atoms with E-state index in [1.54, 1.807) is 29.2 Å². The third kappa shape index (κ3) is 2.33. The molecule has 1 aromatic rings. The van der Waals surface area contributed by atoms with Crippen LogP contribution in [0.4, 0.5) is 0 Å². The molecule has 1 unspecified atom stereocenters. The molecule has 0 aromatic heterocycles. The highest BCUT2D eigenvalue weighted by molar-refractivity contribution is 5.94. The minimum atomic E-state index is -0.856. The fourth-order valence-corrected chi connectivity index (χ4v) is 2.02. The van der Waals surface area contributed by atoms with Crippen molar-refractivity contribution < 1.29 is 14.7 Å². The van der Waals surface area contributed by atoms with Gasteiger partial charge in [0.05, 0.1) is 17.6 Å². The van der Waals surface area contributed by atoms with Crippen molar-refractivity contribution in [1.82, 2.24) is 4.90 Å². The van der Waals surface area contributed by atoms with Crippen LogP contribution >= 0.6 is 0 Å². The number of nitriles is 1. The lowest BCUT2D eigenvalue weighted by Crippen LogP contribution is -2.29. The van der Waals surface area contributed by atoms with Gasteiger partial charge >= 0.3 is 5.97 Å². The van der Waals surface area contributed by atoms with Crippen molar-refractivity contribution in [1.29, 1.82) is 5.26 Å². The topological polar surface area (TPSA) is 81.4 Å². The van der Waals surface area contributed by atoms with Crippen LogP contribution in [0, 0.1) is 17.2 Å². The fourth-order valence-electron chi connectivity index (χ4n) is 2.02. The molecule has 1 N–H and O–H groups in total. The summed E-state index contributed by atoms with van der Waals surface area (Å²) in [6, 6.07) is 8.33. The second kappa shape index (κ2) is 4.88. The average molecular weight is 244 g/mol. The maximum absolute atomic E-state index is 12.1. The number of carboxylic acid groups (broad SMARTS) is 1. The molecule has 1 saturated heterocycles. The third-order valence-electron chi connectivity index (χ3n) is 3.09. The highest BCUT2D eigenvalue weighted by Gasteiger charge is 2.31. The van der Waals surface area contributed by atoms with Crippen molar-refractivity contribution in [2.24, 2.45) is 5.92 Å². The predicted octanol–water partition coefficient (Wildman–Crippen LogP) is 1.10. The molecule has 0 radical (unpaired) electrons. The molecule has 1 amide bonds. The van der Waals surface area contributed by atoms with Gasteiger partial charge in [0.25, 0.3) is 5.91 Å². The van der Waals surface area contributed by atoms with Gasteiger partial charge in [0.1, 0.15) is 0 Å². The molecule has 1 fully saturated rings. The molecule has 1 heterocycles. The number of aliphatic carboxylic acids is 1. The van der Waals surface area contributed by atoms with E-state index in [0.29, 0.717) is 24.1 Å². The molecule has 0 bridgehead atoms. The zero-order valence-electron chi connectivity index (χ0n) is 9.67. The lowest BCUT2D eigenvalue weighted by atomic mass is 10.1. The SMILES string of the molecule is N#Cc1ccc(C(=O)N2CCC(C(=O)O)C2)cc1. The number of rotatable bonds is 2. The number of hydrogen-bond acceptors (Lipinski definition) is 3. The number of likely N-dealkylation sites (tertiary alicyclic amines) is 1. The predicted molar refractivity (Wildman–Crippen MR) is 62.8 cm³/mol. The number of carboxylic acids is 1. The number of benzene rings is 1. The van der Waals surface area contributed by atoms with Crippen LogP contribution in [0.15, 0.2) is 24.3 Å². The van der Waals surface area contributed by atoms with Gasteiger partial charge in [-0.2, -0.15) is 5.26 Å². The monoisotopic (exact) mass is 244 g/mol. The van der Waals surface area contributed by atoms with Crippen LogP contribution in [-0.2, 0) is 4.79 Å². The summed E-state index contributed by atoms with van der Waals surface area (Å²) in [5, 5.41) is 17.5. The average Bonchev–Trinajstić information content (AvgIpc) is 2.88. The van der Waals surface area contributed by atoms with Crippen LogP contribution in [0.25, 0.3) is 0 Å². The van der Waals surface area contributed by atoms with Gasteiger partial charge in [-0.05, 0) is 30.7 Å². The molecule has 1 aliphatic rings. The summed E-state index contributed by atoms with van der Waals surface area (Å²) in [6.07, 6.45) is 0.497. The van der Waals surface area contributed by atoms with E-state index in [1.165, 1.54) is 0 Å². The van der Waals surface area contributed by atoms with Crippen molar-refractivity contribution in [3.63, 3.8) is 0 Å². The Bertz CT molecular complexity index is 516. The molecule has 0 saturated carbocycles. The summed E-state index contributed by atoms with van der Waals surface area (Å²) in [5.74, 6) is -1.50. The van der Waals surface area contributed by atoms with E-state index < -0.39 is 11.9 Å². The summed E-state index contributed by atoms with van der Waals surface area (Å²) in [6.45, 7) is 0.726. The second-order valence-corrected chi connectivity index (χ2v) is 4.26. The number of nitrogens with zero attached hydrogens (tertiary/aromatic N) is 2. The van der Waals surface area contributed by atoms with Crippen LogP contribution in [0.5, 0.6) is 0 Å². The van der Waals surface area contributed by atoms with Gasteiger partial charge in [-0.1, -0.05) is 0 Å². The Balaban J connectivity index is 2.08. The van der Waals surface area contributed by atoms with Crippen molar-refractivity contribution in [3.05, 3.63) is 35.4 Å². The normalized spacial score (nSPS) is 18.4. The lowest BCUT2D eigenvalue weighted by molar-refractivity contribution is -0.141. The first-order valence-corrected chi connectivity index (χ1v) is 5.64. The molecular weight excluding hydrogens is 232 g/mol. The zero-order chi connectivity index (χ0) is 13.1. The van der Waals surface area contributed by atoms with Crippen molar-refractivity contribution in [2.75, 3.05) is 13.1 Å². The summed E-state index contributed by atoms with van der Waals surface area (Å²) in [5.41, 5.74) is 0.983. The van der Waals surface area contributed by atoms with Crippen LogP contribution in [0.2, 0.25) is 0 Å². The fraction of sp³-hybridized carbons (Fsp3) is 0.308. The maximum atomic E-state index is 12.1. The van der Waals surface area contributed by atoms with Gasteiger partial charge in [-0.25, -0.2) is 0 Å². The van der Waals surface area contributed by atoms with Crippen molar-refractivity contribution in [3.8, 4) is 6.07 Å². The van der Waals surface area contributed by atoms with Crippen LogP contribution < -0.4 is 0 Å². The van der Waals surface area contributed by atoms with Crippen LogP contribution in [-0.4, -0.2) is 35.0 Å². The zero-order valence-corrected chi connectivity index (χ0v) is 9.67. The van der Waals surface area contributed by atoms with Crippen molar-refractivity contribution in [2.45, 2.75) is 6.42 Å². The Kier molecular flexibility index (Phi) is 3.28. The molecule has 0 spiro atoms. The Morgan fingerprint density at radius 3 is 2.50 bits per heavy atom. The summed E-state index contributed by atoms with van der Waals surface area (Å²) < 4.78 is 0. The Morgan fingerprint density at radius 1 is 1.33 bits per heavy atom. The van der Waals surface area contributed by atoms with E-state index in [4.69, 9.17) is 10.4 Å². The maximum Gasteiger partial charge on any atom is 0.308 e. The molecule has 1 aromatic carbocycles. The number of hydrogen-bond donors (Lipinski definition) is 1. The smallest absolute Gasteiger partial charge is 0.308 e. The minimum Gasteiger partial charge on any atom is -0.481 e. The molecule has 5 nitrogen and oxygen atoms in total. The number of amides is 1. The van der Waals surface area contributed by atoms with Crippen LogP contribution in [0.3, 0.4) is 0 Å². The van der Waals surface area contributed by atoms with Gasteiger partial charge in [-0.3, -0.25) is 9.59 Å². The summed E-state index contributed by atoms with van der Waals surface area (Å²) in [7, 11) is 0. The Morgan fingerprint density at radius 2 is 2.00 bits per heavy atom. The quantitative estimate of drug-likeness (QED) is 0.844. The molecule has 5 heteroatoms. The highest BCUT2D eigenvalue weighted by Crippen LogP contribution is 2.19. The Labute approximate surface area is 104 Å². The molecule has 1 atom stereocenters. The van der Waals surface area contributed by atoms with Crippen molar-refractivity contribution >= 4 is 11.9 Å². The van der Waals surface area contributed by atoms with E-state index in [2.05, 4.69) is 0 Å². The first kappa shape index (κ1) is 12.1. The van der Waals surface area contributed by atoms with Crippen LogP contribution in [0.1, 0.15) is 22.3 Å². The second-order valence-electron chi connectivity index (χ2n) is 4.26. The van der Waals surface area contributed by atoms with Gasteiger partial charge in [-0.15, -0.1) is 0 Å². The molecule has 92 valence electrons. The highest BCUT2D eigenvalue weighted by atomic mass is 16.4. The molecule has 0 aliphatic carbocycles. The standard InChI is InChI=1S/C13H12N2O3/c14-7-9-1-3-10(4-2-9)12(16)15-6-5-11(8-15)13(17)18/h1-4,11H,5-6,8H2,(H,17,18). The van der Waals surface area contributed by atoms with E-state index >= 15 is 0 Å².